The van der Waals surface area contributed by atoms with Crippen LogP contribution in [0.1, 0.15) is 34.9 Å². The minimum Gasteiger partial charge on any atom is -0.548 e. The Morgan fingerprint density at radius 3 is 2.41 bits per heavy atom. The van der Waals surface area contributed by atoms with E-state index >= 15 is 0 Å². The lowest BCUT2D eigenvalue weighted by Gasteiger charge is -2.15. The van der Waals surface area contributed by atoms with Crippen molar-refractivity contribution in [2.45, 2.75) is 47.1 Å². The van der Waals surface area contributed by atoms with Crippen molar-refractivity contribution in [2.24, 2.45) is 0 Å². The Morgan fingerprint density at radius 1 is 1.11 bits per heavy atom. The van der Waals surface area contributed by atoms with Crippen molar-refractivity contribution in [3.8, 4) is 0 Å². The molecule has 0 unspecified atom stereocenters. The van der Waals surface area contributed by atoms with Crippen molar-refractivity contribution < 1.29 is 23.5 Å². The number of aryl methyl sites for hydroxylation is 4. The summed E-state index contributed by atoms with van der Waals surface area (Å²) in [5, 5.41) is 14.7. The molecule has 1 amide bonds. The first kappa shape index (κ1) is 18.7. The van der Waals surface area contributed by atoms with Crippen molar-refractivity contribution in [3.05, 3.63) is 44.5 Å². The Morgan fingerprint density at radius 2 is 1.78 bits per heavy atom. The molecule has 0 radical (unpaired) electrons. The number of hydrogen-bond donors (Lipinski definition) is 1. The Hall–Kier alpha value is -3.09. The van der Waals surface area contributed by atoms with Gasteiger partial charge in [-0.15, -0.1) is 0 Å². The highest BCUT2D eigenvalue weighted by Crippen LogP contribution is 2.35. The Labute approximate surface area is 155 Å². The Balaban J connectivity index is 2.18. The summed E-state index contributed by atoms with van der Waals surface area (Å²) in [6, 6.07) is 0.630. The predicted molar refractivity (Wildman–Crippen MR) is 97.5 cm³/mol. The van der Waals surface area contributed by atoms with E-state index in [2.05, 4.69) is 5.32 Å². The number of fused-ring (bicyclic) bond motifs is 3. The maximum absolute atomic E-state index is 12.4. The summed E-state index contributed by atoms with van der Waals surface area (Å²) < 4.78 is 11.4. The maximum Gasteiger partial charge on any atom is 0.340 e. The molecule has 3 rings (SSSR count). The molecule has 7 nitrogen and oxygen atoms in total. The van der Waals surface area contributed by atoms with Crippen LogP contribution in [0.15, 0.2) is 19.7 Å². The number of carboxylic acids is 1. The van der Waals surface area contributed by atoms with Crippen LogP contribution in [-0.2, 0) is 16.0 Å². The molecule has 0 fully saturated rings. The summed E-state index contributed by atoms with van der Waals surface area (Å²) in [7, 11) is 0. The quantitative estimate of drug-likeness (QED) is 0.698. The minimum absolute atomic E-state index is 0.169. The van der Waals surface area contributed by atoms with Crippen LogP contribution < -0.4 is 16.0 Å². The molecular formula is C20H20NO6-. The molecule has 1 aromatic carbocycles. The molecule has 7 heteroatoms. The molecule has 0 aliphatic carbocycles. The number of rotatable bonds is 4. The van der Waals surface area contributed by atoms with Crippen LogP contribution >= 0.6 is 0 Å². The molecule has 0 saturated carbocycles. The number of hydrogen-bond acceptors (Lipinski definition) is 6. The van der Waals surface area contributed by atoms with Crippen LogP contribution in [0, 0.1) is 27.7 Å². The van der Waals surface area contributed by atoms with E-state index in [1.165, 1.54) is 6.92 Å². The summed E-state index contributed by atoms with van der Waals surface area (Å²) in [5.41, 5.74) is 3.07. The van der Waals surface area contributed by atoms with E-state index in [-0.39, 0.29) is 12.0 Å². The number of furan rings is 1. The molecule has 0 spiro atoms. The van der Waals surface area contributed by atoms with Crippen molar-refractivity contribution in [2.75, 3.05) is 0 Å². The largest absolute Gasteiger partial charge is 0.548 e. The van der Waals surface area contributed by atoms with Gasteiger partial charge in [-0.05, 0) is 57.4 Å². The fourth-order valence-electron chi connectivity index (χ4n) is 3.35. The van der Waals surface area contributed by atoms with Gasteiger partial charge in [0.05, 0.1) is 29.4 Å². The SMILES string of the molecule is Cc1oc2c(c(C)cc3oc(=O)c(CC(=O)N[C@@H](C)C(=O)[O-])c(C)c32)c1C. The van der Waals surface area contributed by atoms with Crippen LogP contribution in [-0.4, -0.2) is 17.9 Å². The highest BCUT2D eigenvalue weighted by Gasteiger charge is 2.21. The first-order valence-electron chi connectivity index (χ1n) is 8.57. The summed E-state index contributed by atoms with van der Waals surface area (Å²) in [4.78, 5) is 35.4. The van der Waals surface area contributed by atoms with Crippen LogP contribution in [0.2, 0.25) is 0 Å². The van der Waals surface area contributed by atoms with Crippen LogP contribution in [0.5, 0.6) is 0 Å². The second-order valence-corrected chi connectivity index (χ2v) is 6.83. The normalized spacial score (nSPS) is 12.5. The Kier molecular flexibility index (Phi) is 4.55. The molecule has 0 bridgehead atoms. The second-order valence-electron chi connectivity index (χ2n) is 6.83. The van der Waals surface area contributed by atoms with E-state index in [0.29, 0.717) is 22.1 Å². The predicted octanol–water partition coefficient (Wildman–Crippen LogP) is 1.57. The highest BCUT2D eigenvalue weighted by atomic mass is 16.4. The fourth-order valence-corrected chi connectivity index (χ4v) is 3.35. The molecule has 0 aliphatic heterocycles. The lowest BCUT2D eigenvalue weighted by Crippen LogP contribution is -2.46. The number of benzene rings is 1. The third-order valence-electron chi connectivity index (χ3n) is 4.95. The molecule has 2 aromatic heterocycles. The van der Waals surface area contributed by atoms with E-state index in [1.807, 2.05) is 20.8 Å². The molecule has 1 N–H and O–H groups in total. The zero-order valence-corrected chi connectivity index (χ0v) is 15.8. The number of aliphatic carboxylic acids is 1. The molecule has 2 heterocycles. The molecule has 3 aromatic rings. The second kappa shape index (κ2) is 6.57. The fraction of sp³-hybridized carbons (Fsp3) is 0.350. The van der Waals surface area contributed by atoms with Crippen molar-refractivity contribution >= 4 is 33.8 Å². The number of carboxylic acid groups (broad SMARTS) is 1. The number of carbonyl (C=O) groups excluding carboxylic acids is 2. The number of carbonyl (C=O) groups is 2. The van der Waals surface area contributed by atoms with Gasteiger partial charge in [0.25, 0.3) is 0 Å². The van der Waals surface area contributed by atoms with Gasteiger partial charge in [0, 0.05) is 5.39 Å². The van der Waals surface area contributed by atoms with Gasteiger partial charge in [0.1, 0.15) is 16.9 Å². The van der Waals surface area contributed by atoms with Gasteiger partial charge in [-0.3, -0.25) is 4.79 Å². The van der Waals surface area contributed by atoms with Crippen LogP contribution in [0.4, 0.5) is 0 Å². The van der Waals surface area contributed by atoms with Gasteiger partial charge >= 0.3 is 5.63 Å². The summed E-state index contributed by atoms with van der Waals surface area (Å²) in [6.07, 6.45) is -0.296. The van der Waals surface area contributed by atoms with Gasteiger partial charge in [0.2, 0.25) is 5.91 Å². The monoisotopic (exact) mass is 370 g/mol. The van der Waals surface area contributed by atoms with E-state index in [0.717, 1.165) is 22.3 Å². The molecule has 142 valence electrons. The topological polar surface area (TPSA) is 113 Å². The zero-order chi connectivity index (χ0) is 20.0. The van der Waals surface area contributed by atoms with E-state index < -0.39 is 23.5 Å². The molecule has 27 heavy (non-hydrogen) atoms. The minimum atomic E-state index is -1.40. The lowest BCUT2D eigenvalue weighted by molar-refractivity contribution is -0.307. The molecule has 0 aliphatic rings. The maximum atomic E-state index is 12.4. The standard InChI is InChI=1S/C20H21NO6/c1-8-6-14-17(18-16(8)9(2)12(5)26-18)10(3)13(20(25)27-14)7-15(22)21-11(4)19(23)24/h6,11H,7H2,1-5H3,(H,21,22)(H,23,24)/p-1/t11-/m0/s1. The summed E-state index contributed by atoms with van der Waals surface area (Å²) >= 11 is 0. The lowest BCUT2D eigenvalue weighted by atomic mass is 9.98. The third kappa shape index (κ3) is 3.09. The van der Waals surface area contributed by atoms with Crippen molar-refractivity contribution in [3.63, 3.8) is 0 Å². The van der Waals surface area contributed by atoms with Crippen molar-refractivity contribution in [1.29, 1.82) is 0 Å². The molecule has 1 atom stereocenters. The van der Waals surface area contributed by atoms with Crippen LogP contribution in [0.3, 0.4) is 0 Å². The first-order valence-corrected chi connectivity index (χ1v) is 8.57. The van der Waals surface area contributed by atoms with Gasteiger partial charge in [-0.2, -0.15) is 0 Å². The first-order chi connectivity index (χ1) is 12.6. The van der Waals surface area contributed by atoms with Gasteiger partial charge in [-0.1, -0.05) is 0 Å². The van der Waals surface area contributed by atoms with Crippen LogP contribution in [0.25, 0.3) is 21.9 Å². The zero-order valence-electron chi connectivity index (χ0n) is 15.8. The number of nitrogens with one attached hydrogen (secondary N) is 1. The highest BCUT2D eigenvalue weighted by molar-refractivity contribution is 6.07. The third-order valence-corrected chi connectivity index (χ3v) is 4.95. The molecular weight excluding hydrogens is 350 g/mol. The van der Waals surface area contributed by atoms with E-state index in [9.17, 15) is 19.5 Å². The van der Waals surface area contributed by atoms with Gasteiger partial charge in [-0.25, -0.2) is 4.79 Å². The smallest absolute Gasteiger partial charge is 0.340 e. The van der Waals surface area contributed by atoms with E-state index in [4.69, 9.17) is 8.83 Å². The number of amides is 1. The average molecular weight is 370 g/mol. The molecule has 0 saturated heterocycles. The van der Waals surface area contributed by atoms with E-state index in [1.54, 1.807) is 13.0 Å². The average Bonchev–Trinajstić information content (AvgIpc) is 2.86. The van der Waals surface area contributed by atoms with Crippen molar-refractivity contribution in [1.82, 2.24) is 5.32 Å². The Bertz CT molecular complexity index is 1150. The van der Waals surface area contributed by atoms with Gasteiger partial charge in [0.15, 0.2) is 0 Å². The van der Waals surface area contributed by atoms with Gasteiger partial charge < -0.3 is 24.1 Å². The summed E-state index contributed by atoms with van der Waals surface area (Å²) in [5.74, 6) is -1.23. The summed E-state index contributed by atoms with van der Waals surface area (Å²) in [6.45, 7) is 8.77.